The Bertz CT molecular complexity index is 685. The van der Waals surface area contributed by atoms with Crippen LogP contribution in [0, 0.1) is 0 Å². The van der Waals surface area contributed by atoms with Gasteiger partial charge in [0.15, 0.2) is 16.6 Å². The third-order valence-corrected chi connectivity index (χ3v) is 4.60. The number of carbonyl (C=O) groups is 2. The van der Waals surface area contributed by atoms with Crippen molar-refractivity contribution >= 4 is 44.2 Å². The van der Waals surface area contributed by atoms with Crippen molar-refractivity contribution in [2.75, 3.05) is 12.4 Å². The summed E-state index contributed by atoms with van der Waals surface area (Å²) in [4.78, 5) is 27.6. The van der Waals surface area contributed by atoms with Crippen molar-refractivity contribution in [2.24, 2.45) is 0 Å². The van der Waals surface area contributed by atoms with Crippen molar-refractivity contribution in [3.05, 3.63) is 44.9 Å². The smallest absolute Gasteiger partial charge is 0.358 e. The molecule has 0 fully saturated rings. The fraction of sp³-hybridized carbons (Fsp3) is 0.214. The Morgan fingerprint density at radius 3 is 2.71 bits per heavy atom. The first-order chi connectivity index (χ1) is 10.0. The Hall–Kier alpha value is -1.73. The zero-order valence-electron chi connectivity index (χ0n) is 11.5. The molecule has 0 aliphatic heterocycles. The Morgan fingerprint density at radius 2 is 2.10 bits per heavy atom. The average molecular weight is 369 g/mol. The number of nitrogens with zero attached hydrogens (tertiary/aromatic N) is 1. The van der Waals surface area contributed by atoms with E-state index >= 15 is 0 Å². The molecule has 0 saturated heterocycles. The molecule has 0 aliphatic carbocycles. The van der Waals surface area contributed by atoms with Crippen LogP contribution in [-0.4, -0.2) is 23.8 Å². The fourth-order valence-corrected chi connectivity index (χ4v) is 2.95. The fourth-order valence-electron chi connectivity index (χ4n) is 1.68. The summed E-state index contributed by atoms with van der Waals surface area (Å²) in [5, 5.41) is 3.62. The summed E-state index contributed by atoms with van der Waals surface area (Å²) in [7, 11) is 1.26. The van der Waals surface area contributed by atoms with Gasteiger partial charge < -0.3 is 10.1 Å². The first-order valence-corrected chi connectivity index (χ1v) is 7.71. The van der Waals surface area contributed by atoms with Gasteiger partial charge in [-0.2, -0.15) is 0 Å². The van der Waals surface area contributed by atoms with E-state index in [9.17, 15) is 9.59 Å². The number of rotatable bonds is 5. The van der Waals surface area contributed by atoms with Crippen molar-refractivity contribution in [1.82, 2.24) is 4.98 Å². The number of hydrogen-bond donors (Lipinski definition) is 1. The zero-order chi connectivity index (χ0) is 15.4. The van der Waals surface area contributed by atoms with Crippen LogP contribution in [0.15, 0.2) is 28.7 Å². The van der Waals surface area contributed by atoms with Gasteiger partial charge in [-0.3, -0.25) is 4.79 Å². The van der Waals surface area contributed by atoms with Crippen molar-refractivity contribution in [3.8, 4) is 0 Å². The van der Waals surface area contributed by atoms with Gasteiger partial charge >= 0.3 is 5.97 Å². The molecule has 110 valence electrons. The van der Waals surface area contributed by atoms with Gasteiger partial charge in [0.1, 0.15) is 4.88 Å². The van der Waals surface area contributed by atoms with E-state index in [4.69, 9.17) is 0 Å². The number of anilines is 1. The van der Waals surface area contributed by atoms with Crippen LogP contribution in [0.5, 0.6) is 0 Å². The van der Waals surface area contributed by atoms with Crippen molar-refractivity contribution in [3.63, 3.8) is 0 Å². The lowest BCUT2D eigenvalue weighted by Gasteiger charge is -2.04. The van der Waals surface area contributed by atoms with Gasteiger partial charge in [-0.15, -0.1) is 0 Å². The molecule has 21 heavy (non-hydrogen) atoms. The first kappa shape index (κ1) is 15.7. The molecule has 1 N–H and O–H groups in total. The molecule has 1 aromatic heterocycles. The van der Waals surface area contributed by atoms with Gasteiger partial charge in [0.2, 0.25) is 0 Å². The molecular weight excluding hydrogens is 356 g/mol. The monoisotopic (exact) mass is 368 g/mol. The number of aromatic nitrogens is 1. The van der Waals surface area contributed by atoms with Crippen LogP contribution in [0.3, 0.4) is 0 Å². The van der Waals surface area contributed by atoms with E-state index in [1.54, 1.807) is 0 Å². The second-order valence-corrected chi connectivity index (χ2v) is 6.04. The lowest BCUT2D eigenvalue weighted by atomic mass is 10.2. The van der Waals surface area contributed by atoms with Crippen LogP contribution >= 0.6 is 27.3 Å². The Labute approximate surface area is 134 Å². The number of nitrogens with one attached hydrogen (secondary N) is 1. The maximum atomic E-state index is 11.6. The van der Waals surface area contributed by atoms with Crippen molar-refractivity contribution in [1.29, 1.82) is 0 Å². The topological polar surface area (TPSA) is 68.3 Å². The highest BCUT2D eigenvalue weighted by Gasteiger charge is 2.21. The molecule has 0 amide bonds. The highest BCUT2D eigenvalue weighted by Crippen LogP contribution is 2.25. The third kappa shape index (κ3) is 3.68. The first-order valence-electron chi connectivity index (χ1n) is 6.10. The molecule has 0 spiro atoms. The number of hydrogen-bond acceptors (Lipinski definition) is 6. The number of halogens is 1. The van der Waals surface area contributed by atoms with E-state index in [0.717, 1.165) is 21.4 Å². The number of thiazole rings is 1. The summed E-state index contributed by atoms with van der Waals surface area (Å²) in [6, 6.07) is 7.78. The minimum atomic E-state index is -0.606. The Kier molecular flexibility index (Phi) is 5.08. The number of esters is 1. The molecule has 1 aromatic carbocycles. The standard InChI is InChI=1S/C14H13BrN2O3S/c1-8(18)12-11(13(19)20-2)17-14(21-12)16-7-9-5-3-4-6-10(9)15/h3-6H,7H2,1-2H3,(H,16,17). The number of methoxy groups -OCH3 is 1. The second kappa shape index (κ2) is 6.82. The van der Waals surface area contributed by atoms with E-state index in [-0.39, 0.29) is 11.5 Å². The predicted molar refractivity (Wildman–Crippen MR) is 84.9 cm³/mol. The van der Waals surface area contributed by atoms with Crippen molar-refractivity contribution < 1.29 is 14.3 Å². The summed E-state index contributed by atoms with van der Waals surface area (Å²) in [5.41, 5.74) is 1.11. The summed E-state index contributed by atoms with van der Waals surface area (Å²) in [5.74, 6) is -0.813. The van der Waals surface area contributed by atoms with Gasteiger partial charge in [-0.05, 0) is 11.6 Å². The van der Waals surface area contributed by atoms with E-state index in [1.807, 2.05) is 24.3 Å². The number of ether oxygens (including phenoxy) is 1. The molecular formula is C14H13BrN2O3S. The highest BCUT2D eigenvalue weighted by atomic mass is 79.9. The Morgan fingerprint density at radius 1 is 1.38 bits per heavy atom. The maximum absolute atomic E-state index is 11.6. The minimum absolute atomic E-state index is 0.0598. The SMILES string of the molecule is COC(=O)c1nc(NCc2ccccc2Br)sc1C(C)=O. The molecule has 0 aliphatic rings. The molecule has 5 nitrogen and oxygen atoms in total. The van der Waals surface area contributed by atoms with Gasteiger partial charge in [-0.25, -0.2) is 9.78 Å². The third-order valence-electron chi connectivity index (χ3n) is 2.71. The second-order valence-electron chi connectivity index (χ2n) is 4.19. The average Bonchev–Trinajstić information content (AvgIpc) is 2.90. The largest absolute Gasteiger partial charge is 0.464 e. The van der Waals surface area contributed by atoms with E-state index in [1.165, 1.54) is 14.0 Å². The number of benzene rings is 1. The van der Waals surface area contributed by atoms with Gasteiger partial charge in [0, 0.05) is 17.9 Å². The zero-order valence-corrected chi connectivity index (χ0v) is 13.9. The van der Waals surface area contributed by atoms with Crippen LogP contribution in [0.1, 0.15) is 32.6 Å². The van der Waals surface area contributed by atoms with Crippen LogP contribution < -0.4 is 5.32 Å². The summed E-state index contributed by atoms with van der Waals surface area (Å²) in [6.07, 6.45) is 0. The summed E-state index contributed by atoms with van der Waals surface area (Å²) < 4.78 is 5.62. The van der Waals surface area contributed by atoms with Gasteiger partial charge in [0.05, 0.1) is 7.11 Å². The lowest BCUT2D eigenvalue weighted by Crippen LogP contribution is -2.07. The van der Waals surface area contributed by atoms with Crippen molar-refractivity contribution in [2.45, 2.75) is 13.5 Å². The summed E-state index contributed by atoms with van der Waals surface area (Å²) in [6.45, 7) is 1.93. The molecule has 0 atom stereocenters. The molecule has 0 radical (unpaired) electrons. The van der Waals surface area contributed by atoms with Crippen LogP contribution in [0.25, 0.3) is 0 Å². The minimum Gasteiger partial charge on any atom is -0.464 e. The van der Waals surface area contributed by atoms with Crippen LogP contribution in [0.4, 0.5) is 5.13 Å². The number of carbonyl (C=O) groups excluding carboxylic acids is 2. The molecule has 0 unspecified atom stereocenters. The molecule has 7 heteroatoms. The molecule has 0 bridgehead atoms. The lowest BCUT2D eigenvalue weighted by molar-refractivity contribution is 0.0591. The quantitative estimate of drug-likeness (QED) is 0.645. The highest BCUT2D eigenvalue weighted by molar-refractivity contribution is 9.10. The van der Waals surface area contributed by atoms with Crippen LogP contribution in [0.2, 0.25) is 0 Å². The molecule has 0 saturated carbocycles. The summed E-state index contributed by atoms with van der Waals surface area (Å²) >= 11 is 4.61. The molecule has 2 aromatic rings. The maximum Gasteiger partial charge on any atom is 0.358 e. The predicted octanol–water partition coefficient (Wildman–Crippen LogP) is 3.51. The molecule has 1 heterocycles. The molecule has 2 rings (SSSR count). The number of Topliss-reactive ketones (excluding diaryl/α,β-unsaturated/α-hetero) is 1. The van der Waals surface area contributed by atoms with E-state index in [2.05, 4.69) is 31.0 Å². The number of ketones is 1. The van der Waals surface area contributed by atoms with Gasteiger partial charge in [-0.1, -0.05) is 45.5 Å². The van der Waals surface area contributed by atoms with E-state index in [0.29, 0.717) is 16.6 Å². The van der Waals surface area contributed by atoms with Gasteiger partial charge in [0.25, 0.3) is 0 Å². The normalized spacial score (nSPS) is 10.2. The van der Waals surface area contributed by atoms with Crippen LogP contribution in [-0.2, 0) is 11.3 Å². The van der Waals surface area contributed by atoms with E-state index < -0.39 is 5.97 Å². The Balaban J connectivity index is 2.20.